The van der Waals surface area contributed by atoms with Gasteiger partial charge in [0, 0.05) is 12.4 Å². The molecule has 0 amide bonds. The molecule has 0 saturated heterocycles. The van der Waals surface area contributed by atoms with Crippen molar-refractivity contribution in [2.75, 3.05) is 6.16 Å². The Bertz CT molecular complexity index is 103. The fraction of sp³-hybridized carbons (Fsp3) is 0.667. The molecule has 0 rings (SSSR count). The van der Waals surface area contributed by atoms with Crippen LogP contribution in [0.15, 0.2) is 0 Å². The fourth-order valence-electron chi connectivity index (χ4n) is 0.183. The number of rotatable bonds is 3. The second-order valence-corrected chi connectivity index (χ2v) is 2.29. The van der Waals surface area contributed by atoms with Crippen molar-refractivity contribution < 1.29 is 78.5 Å². The van der Waals surface area contributed by atoms with Crippen LogP contribution in [0, 0.1) is 0 Å². The normalized spacial score (nSPS) is 8.70. The molecule has 0 N–H and O–H groups in total. The number of carboxylic acid groups (broad SMARTS) is 1. The Kier molecular flexibility index (Phi) is 18.5. The van der Waals surface area contributed by atoms with Gasteiger partial charge in [0.1, 0.15) is 6.16 Å². The molecule has 0 radical (unpaired) electrons. The monoisotopic (exact) mass is 181 g/mol. The van der Waals surface area contributed by atoms with Gasteiger partial charge in [-0.05, 0) is 0 Å². The van der Waals surface area contributed by atoms with E-state index in [2.05, 4.69) is 0 Å². The Labute approximate surface area is 104 Å². The first-order valence-electron chi connectivity index (χ1n) is 1.94. The van der Waals surface area contributed by atoms with Crippen LogP contribution in [0.5, 0.6) is 0 Å². The second kappa shape index (κ2) is 10.5. The van der Waals surface area contributed by atoms with Gasteiger partial charge in [-0.25, -0.2) is 0 Å². The predicted molar refractivity (Wildman–Crippen MR) is 22.1 cm³/mol. The number of carbonyl (C=O) groups is 1. The molecular weight excluding hydrogens is 177 g/mol. The van der Waals surface area contributed by atoms with Gasteiger partial charge in [-0.3, -0.25) is 0 Å². The quantitative estimate of drug-likeness (QED) is 0.320. The molecule has 1 atom stereocenters. The number of hydrogen-bond donors (Lipinski definition) is 0. The average Bonchev–Trinajstić information content (AvgIpc) is 1.61. The molecular formula is C3H4Na2O4P+. The molecule has 0 spiro atoms. The summed E-state index contributed by atoms with van der Waals surface area (Å²) in [5.74, 6) is -1.33. The largest absolute Gasteiger partial charge is 1.00 e. The van der Waals surface area contributed by atoms with E-state index in [0.717, 1.165) is 0 Å². The Morgan fingerprint density at radius 2 is 1.80 bits per heavy atom. The number of aliphatic carboxylic acids is 1. The molecule has 7 heteroatoms. The maximum Gasteiger partial charge on any atom is 1.00 e. The minimum absolute atomic E-state index is 0. The van der Waals surface area contributed by atoms with Crippen molar-refractivity contribution in [1.29, 1.82) is 0 Å². The van der Waals surface area contributed by atoms with Crippen molar-refractivity contribution in [1.82, 2.24) is 0 Å². The summed E-state index contributed by atoms with van der Waals surface area (Å²) >= 11 is 0. The van der Waals surface area contributed by atoms with E-state index in [1.807, 2.05) is 0 Å². The summed E-state index contributed by atoms with van der Waals surface area (Å²) in [6.45, 7) is 0. The van der Waals surface area contributed by atoms with E-state index in [1.165, 1.54) is 0 Å². The van der Waals surface area contributed by atoms with Gasteiger partial charge in [-0.2, -0.15) is 0 Å². The zero-order valence-electron chi connectivity index (χ0n) is 5.99. The molecule has 0 aromatic rings. The number of carbonyl (C=O) groups excluding carboxylic acids is 1. The van der Waals surface area contributed by atoms with Gasteiger partial charge in [-0.15, -0.1) is 0 Å². The van der Waals surface area contributed by atoms with Gasteiger partial charge in [0.15, 0.2) is 0 Å². The minimum atomic E-state index is -2.55. The zero-order valence-corrected chi connectivity index (χ0v) is 10.9. The summed E-state index contributed by atoms with van der Waals surface area (Å²) in [4.78, 5) is 19.2. The van der Waals surface area contributed by atoms with Gasteiger partial charge >= 0.3 is 67.1 Å². The average molecular weight is 181 g/mol. The third kappa shape index (κ3) is 16.3. The van der Waals surface area contributed by atoms with Crippen LogP contribution in [0.2, 0.25) is 0 Å². The van der Waals surface area contributed by atoms with Gasteiger partial charge in [0.05, 0.1) is 0 Å². The van der Waals surface area contributed by atoms with Crippen molar-refractivity contribution in [3.05, 3.63) is 0 Å². The van der Waals surface area contributed by atoms with Crippen molar-refractivity contribution in [3.63, 3.8) is 0 Å². The SMILES string of the molecule is O=C([O-])CC[P+](=O)[O-].[Na+].[Na+]. The van der Waals surface area contributed by atoms with Crippen molar-refractivity contribution in [3.8, 4) is 0 Å². The standard InChI is InChI=1S/C3H5O4P.2Na/c4-3(5)1-2-8(6)7;;/h1-2H2,(H,4,5);;/q;2*+1/p-1. The molecule has 0 aliphatic heterocycles. The molecule has 46 valence electrons. The maximum atomic E-state index is 9.65. The van der Waals surface area contributed by atoms with Crippen LogP contribution in [-0.4, -0.2) is 12.1 Å². The fourth-order valence-corrected chi connectivity index (χ4v) is 0.548. The predicted octanol–water partition coefficient (Wildman–Crippen LogP) is -7.76. The van der Waals surface area contributed by atoms with E-state index in [4.69, 9.17) is 0 Å². The van der Waals surface area contributed by atoms with E-state index < -0.39 is 20.4 Å². The number of hydrogen-bond acceptors (Lipinski definition) is 4. The summed E-state index contributed by atoms with van der Waals surface area (Å²) in [6, 6.07) is 0. The minimum Gasteiger partial charge on any atom is -0.596 e. The Morgan fingerprint density at radius 1 is 1.40 bits per heavy atom. The van der Waals surface area contributed by atoms with Crippen molar-refractivity contribution >= 4 is 14.0 Å². The van der Waals surface area contributed by atoms with E-state index in [1.54, 1.807) is 0 Å². The first kappa shape index (κ1) is 17.6. The van der Waals surface area contributed by atoms with Crippen LogP contribution in [0.25, 0.3) is 0 Å². The number of carboxylic acids is 1. The molecule has 0 heterocycles. The van der Waals surface area contributed by atoms with E-state index in [9.17, 15) is 19.4 Å². The van der Waals surface area contributed by atoms with Crippen LogP contribution in [0.4, 0.5) is 0 Å². The molecule has 1 unspecified atom stereocenters. The molecule has 4 nitrogen and oxygen atoms in total. The molecule has 0 aromatic carbocycles. The van der Waals surface area contributed by atoms with E-state index in [-0.39, 0.29) is 65.3 Å². The van der Waals surface area contributed by atoms with Crippen LogP contribution in [0.3, 0.4) is 0 Å². The summed E-state index contributed by atoms with van der Waals surface area (Å²) in [6.07, 6.45) is -0.726. The Morgan fingerprint density at radius 3 is 1.90 bits per heavy atom. The Balaban J connectivity index is -0.000000245. The van der Waals surface area contributed by atoms with Gasteiger partial charge in [0.2, 0.25) is 0 Å². The molecule has 0 saturated carbocycles. The third-order valence-electron chi connectivity index (χ3n) is 0.499. The first-order chi connectivity index (χ1) is 3.63. The van der Waals surface area contributed by atoms with E-state index >= 15 is 0 Å². The second-order valence-electron chi connectivity index (χ2n) is 1.18. The van der Waals surface area contributed by atoms with Crippen LogP contribution in [-0.2, 0) is 9.36 Å². The molecule has 0 aliphatic carbocycles. The van der Waals surface area contributed by atoms with Crippen LogP contribution in [0.1, 0.15) is 6.42 Å². The zero-order chi connectivity index (χ0) is 6.57. The molecule has 10 heavy (non-hydrogen) atoms. The van der Waals surface area contributed by atoms with Gasteiger partial charge < -0.3 is 14.8 Å². The van der Waals surface area contributed by atoms with Crippen molar-refractivity contribution in [2.24, 2.45) is 0 Å². The molecule has 0 aromatic heterocycles. The topological polar surface area (TPSA) is 80.3 Å². The van der Waals surface area contributed by atoms with Crippen LogP contribution >= 0.6 is 8.03 Å². The first-order valence-corrected chi connectivity index (χ1v) is 3.31. The summed E-state index contributed by atoms with van der Waals surface area (Å²) in [7, 11) is -2.55. The molecule has 0 fully saturated rings. The third-order valence-corrected chi connectivity index (χ3v) is 1.09. The van der Waals surface area contributed by atoms with Crippen molar-refractivity contribution in [2.45, 2.75) is 6.42 Å². The Hall–Kier alpha value is 1.53. The summed E-state index contributed by atoms with van der Waals surface area (Å²) in [5.41, 5.74) is 0. The maximum absolute atomic E-state index is 9.65. The van der Waals surface area contributed by atoms with Crippen LogP contribution < -0.4 is 69.1 Å². The van der Waals surface area contributed by atoms with E-state index in [0.29, 0.717) is 0 Å². The van der Waals surface area contributed by atoms with Gasteiger partial charge in [0.25, 0.3) is 0 Å². The molecule has 0 aliphatic rings. The summed E-state index contributed by atoms with van der Waals surface area (Å²) < 4.78 is 9.65. The van der Waals surface area contributed by atoms with Gasteiger partial charge in [-0.1, -0.05) is 4.57 Å². The molecule has 0 bridgehead atoms. The smallest absolute Gasteiger partial charge is 0.596 e. The summed E-state index contributed by atoms with van der Waals surface area (Å²) in [5, 5.41) is 9.53.